The van der Waals surface area contributed by atoms with Gasteiger partial charge in [-0.05, 0) is 11.6 Å². The van der Waals surface area contributed by atoms with Crippen LogP contribution >= 0.6 is 11.6 Å². The van der Waals surface area contributed by atoms with Crippen LogP contribution in [0.1, 0.15) is 5.56 Å². The van der Waals surface area contributed by atoms with Crippen molar-refractivity contribution >= 4 is 11.6 Å². The highest BCUT2D eigenvalue weighted by Gasteiger charge is 2.14. The van der Waals surface area contributed by atoms with Crippen LogP contribution in [-0.4, -0.2) is 5.16 Å². The maximum Gasteiger partial charge on any atom is 0.244 e. The highest BCUT2D eigenvalue weighted by Crippen LogP contribution is 2.27. The van der Waals surface area contributed by atoms with E-state index >= 15 is 0 Å². The number of aromatic nitrogens is 1. The molecule has 0 aliphatic heterocycles. The van der Waals surface area contributed by atoms with Crippen molar-refractivity contribution in [2.75, 3.05) is 0 Å². The Hall–Kier alpha value is -1.79. The first-order chi connectivity index (χ1) is 6.83. The van der Waals surface area contributed by atoms with Gasteiger partial charge in [-0.1, -0.05) is 35.5 Å². The van der Waals surface area contributed by atoms with E-state index in [1.807, 2.05) is 36.4 Å². The molecule has 3 nitrogen and oxygen atoms in total. The maximum absolute atomic E-state index is 8.82. The molecule has 0 N–H and O–H groups in total. The highest BCUT2D eigenvalue weighted by molar-refractivity contribution is 6.30. The zero-order valence-electron chi connectivity index (χ0n) is 7.07. The molecule has 2 aromatic rings. The lowest BCUT2D eigenvalue weighted by atomic mass is 10.1. The van der Waals surface area contributed by atoms with E-state index in [0.717, 1.165) is 5.56 Å². The number of rotatable bonds is 1. The van der Waals surface area contributed by atoms with Gasteiger partial charge in [0.1, 0.15) is 17.3 Å². The Morgan fingerprint density at radius 1 is 1.29 bits per heavy atom. The summed E-state index contributed by atoms with van der Waals surface area (Å²) < 4.78 is 4.73. The molecule has 0 saturated heterocycles. The summed E-state index contributed by atoms with van der Waals surface area (Å²) >= 11 is 5.64. The topological polar surface area (TPSA) is 49.8 Å². The van der Waals surface area contributed by atoms with Crippen LogP contribution in [0.15, 0.2) is 34.9 Å². The standard InChI is InChI=1S/C10H5ClN2O/c11-10-8(6-12)9(13-14-10)7-4-2-1-3-5-7/h1-5H. The van der Waals surface area contributed by atoms with Crippen molar-refractivity contribution < 1.29 is 4.52 Å². The smallest absolute Gasteiger partial charge is 0.244 e. The third-order valence-corrected chi connectivity index (χ3v) is 2.07. The molecule has 0 bridgehead atoms. The lowest BCUT2D eigenvalue weighted by Gasteiger charge is -1.93. The minimum absolute atomic E-state index is 0.0337. The largest absolute Gasteiger partial charge is 0.342 e. The summed E-state index contributed by atoms with van der Waals surface area (Å²) in [5.74, 6) is 0. The van der Waals surface area contributed by atoms with Crippen molar-refractivity contribution in [3.63, 3.8) is 0 Å². The highest BCUT2D eigenvalue weighted by atomic mass is 35.5. The van der Waals surface area contributed by atoms with Crippen LogP contribution < -0.4 is 0 Å². The van der Waals surface area contributed by atoms with Crippen molar-refractivity contribution in [1.82, 2.24) is 5.16 Å². The summed E-state index contributed by atoms with van der Waals surface area (Å²) in [5, 5.41) is 12.6. The van der Waals surface area contributed by atoms with Crippen molar-refractivity contribution in [2.45, 2.75) is 0 Å². The van der Waals surface area contributed by atoms with Crippen molar-refractivity contribution in [2.24, 2.45) is 0 Å². The minimum atomic E-state index is 0.0337. The molecule has 0 aliphatic carbocycles. The molecule has 68 valence electrons. The molecule has 2 rings (SSSR count). The zero-order chi connectivity index (χ0) is 9.97. The monoisotopic (exact) mass is 204 g/mol. The van der Waals surface area contributed by atoms with Gasteiger partial charge in [-0.2, -0.15) is 5.26 Å². The van der Waals surface area contributed by atoms with Gasteiger partial charge >= 0.3 is 0 Å². The van der Waals surface area contributed by atoms with Crippen molar-refractivity contribution in [3.8, 4) is 17.3 Å². The van der Waals surface area contributed by atoms with Gasteiger partial charge in [-0.3, -0.25) is 0 Å². The zero-order valence-corrected chi connectivity index (χ0v) is 7.82. The van der Waals surface area contributed by atoms with E-state index < -0.39 is 0 Å². The van der Waals surface area contributed by atoms with Crippen LogP contribution in [0.4, 0.5) is 0 Å². The summed E-state index contributed by atoms with van der Waals surface area (Å²) in [7, 11) is 0. The second-order valence-electron chi connectivity index (χ2n) is 2.66. The van der Waals surface area contributed by atoms with E-state index in [2.05, 4.69) is 5.16 Å². The fraction of sp³-hybridized carbons (Fsp3) is 0. The average molecular weight is 205 g/mol. The minimum Gasteiger partial charge on any atom is -0.342 e. The summed E-state index contributed by atoms with van der Waals surface area (Å²) in [5.41, 5.74) is 1.58. The predicted molar refractivity (Wildman–Crippen MR) is 51.7 cm³/mol. The van der Waals surface area contributed by atoms with Gasteiger partial charge in [0.05, 0.1) is 0 Å². The second-order valence-corrected chi connectivity index (χ2v) is 3.00. The molecule has 1 aromatic heterocycles. The number of benzene rings is 1. The fourth-order valence-electron chi connectivity index (χ4n) is 1.16. The van der Waals surface area contributed by atoms with Gasteiger partial charge in [0.15, 0.2) is 0 Å². The van der Waals surface area contributed by atoms with E-state index in [1.54, 1.807) is 0 Å². The van der Waals surface area contributed by atoms with E-state index in [1.165, 1.54) is 0 Å². The molecule has 0 atom stereocenters. The number of hydrogen-bond donors (Lipinski definition) is 0. The molecule has 0 amide bonds. The summed E-state index contributed by atoms with van der Waals surface area (Å²) in [6.45, 7) is 0. The normalized spacial score (nSPS) is 9.71. The van der Waals surface area contributed by atoms with Crippen LogP contribution in [0, 0.1) is 11.3 Å². The molecule has 1 heterocycles. The lowest BCUT2D eigenvalue weighted by Crippen LogP contribution is -1.80. The van der Waals surface area contributed by atoms with Gasteiger partial charge < -0.3 is 4.52 Å². The van der Waals surface area contributed by atoms with Gasteiger partial charge in [-0.15, -0.1) is 0 Å². The van der Waals surface area contributed by atoms with E-state index in [-0.39, 0.29) is 10.8 Å². The van der Waals surface area contributed by atoms with Gasteiger partial charge in [0, 0.05) is 5.56 Å². The third-order valence-electron chi connectivity index (χ3n) is 1.81. The lowest BCUT2D eigenvalue weighted by molar-refractivity contribution is 0.424. The Labute approximate surface area is 85.5 Å². The molecule has 0 aliphatic rings. The molecule has 0 spiro atoms. The molecule has 0 unspecified atom stereocenters. The van der Waals surface area contributed by atoms with Crippen LogP contribution in [0.25, 0.3) is 11.3 Å². The van der Waals surface area contributed by atoms with E-state index in [0.29, 0.717) is 5.69 Å². The van der Waals surface area contributed by atoms with E-state index in [9.17, 15) is 0 Å². The molecule has 0 fully saturated rings. The first-order valence-electron chi connectivity index (χ1n) is 3.93. The fourth-order valence-corrected chi connectivity index (χ4v) is 1.33. The number of nitrogens with zero attached hydrogens (tertiary/aromatic N) is 2. The Kier molecular flexibility index (Phi) is 2.21. The average Bonchev–Trinajstić information content (AvgIpc) is 2.61. The first kappa shape index (κ1) is 8.79. The molecule has 14 heavy (non-hydrogen) atoms. The van der Waals surface area contributed by atoms with Crippen LogP contribution in [0.5, 0.6) is 0 Å². The molecular weight excluding hydrogens is 200 g/mol. The molecule has 0 radical (unpaired) electrons. The van der Waals surface area contributed by atoms with Crippen molar-refractivity contribution in [3.05, 3.63) is 41.1 Å². The number of nitriles is 1. The molecule has 4 heteroatoms. The number of hydrogen-bond acceptors (Lipinski definition) is 3. The Morgan fingerprint density at radius 2 is 2.00 bits per heavy atom. The predicted octanol–water partition coefficient (Wildman–Crippen LogP) is 2.87. The Bertz CT molecular complexity index is 485. The van der Waals surface area contributed by atoms with Crippen LogP contribution in [0.2, 0.25) is 5.22 Å². The molecule has 0 saturated carbocycles. The summed E-state index contributed by atoms with van der Waals surface area (Å²) in [6, 6.07) is 11.2. The van der Waals surface area contributed by atoms with Crippen LogP contribution in [-0.2, 0) is 0 Å². The van der Waals surface area contributed by atoms with Crippen LogP contribution in [0.3, 0.4) is 0 Å². The summed E-state index contributed by atoms with van der Waals surface area (Å²) in [6.07, 6.45) is 0. The van der Waals surface area contributed by atoms with Gasteiger partial charge in [0.2, 0.25) is 5.22 Å². The molecular formula is C10H5ClN2O. The van der Waals surface area contributed by atoms with Crippen molar-refractivity contribution in [1.29, 1.82) is 5.26 Å². The van der Waals surface area contributed by atoms with E-state index in [4.69, 9.17) is 21.4 Å². The maximum atomic E-state index is 8.82. The van der Waals surface area contributed by atoms with Gasteiger partial charge in [0.25, 0.3) is 0 Å². The SMILES string of the molecule is N#Cc1c(-c2ccccc2)noc1Cl. The molecule has 1 aromatic carbocycles. The third kappa shape index (κ3) is 1.36. The quantitative estimate of drug-likeness (QED) is 0.718. The first-order valence-corrected chi connectivity index (χ1v) is 4.31. The Morgan fingerprint density at radius 3 is 2.64 bits per heavy atom. The Balaban J connectivity index is 2.59. The summed E-state index contributed by atoms with van der Waals surface area (Å²) in [4.78, 5) is 0. The van der Waals surface area contributed by atoms with Gasteiger partial charge in [-0.25, -0.2) is 0 Å². The number of halogens is 1. The second kappa shape index (κ2) is 3.52.